The Morgan fingerprint density at radius 1 is 0.714 bits per heavy atom. The molecule has 5 nitrogen and oxygen atoms in total. The Hall–Kier alpha value is -2.96. The summed E-state index contributed by atoms with van der Waals surface area (Å²) in [4.78, 5) is 14.9. The smallest absolute Gasteiger partial charge is 0.195 e. The van der Waals surface area contributed by atoms with Gasteiger partial charge in [-0.3, -0.25) is 9.88 Å². The quantitative estimate of drug-likeness (QED) is 0.404. The molecule has 140 valence electrons. The topological polar surface area (TPSA) is 55.1 Å². The van der Waals surface area contributed by atoms with Gasteiger partial charge in [0.05, 0.1) is 6.54 Å². The lowest BCUT2D eigenvalue weighted by Crippen LogP contribution is -2.22. The van der Waals surface area contributed by atoms with E-state index in [0.29, 0.717) is 11.7 Å². The minimum absolute atomic E-state index is 0.682. The number of pyridine rings is 1. The van der Waals surface area contributed by atoms with E-state index < -0.39 is 0 Å². The summed E-state index contributed by atoms with van der Waals surface area (Å²) in [7, 11) is 0. The van der Waals surface area contributed by atoms with Crippen LogP contribution < -0.4 is 0 Å². The Labute approximate surface area is 168 Å². The molecule has 28 heavy (non-hydrogen) atoms. The molecule has 0 saturated carbocycles. The fraction of sp³-hybridized carbons (Fsp3) is 0.136. The molecular weight excluding hydrogens is 368 g/mol. The summed E-state index contributed by atoms with van der Waals surface area (Å²) >= 11 is 1.43. The molecule has 0 spiro atoms. The van der Waals surface area contributed by atoms with Gasteiger partial charge in [0, 0.05) is 37.9 Å². The Bertz CT molecular complexity index is 936. The van der Waals surface area contributed by atoms with Crippen LogP contribution in [0.5, 0.6) is 0 Å². The van der Waals surface area contributed by atoms with Crippen LogP contribution in [0.2, 0.25) is 0 Å². The molecule has 3 aromatic heterocycles. The molecule has 0 aliphatic carbocycles. The number of nitrogens with zero attached hydrogens (tertiary/aromatic N) is 4. The number of hydrogen-bond acceptors (Lipinski definition) is 6. The van der Waals surface area contributed by atoms with Gasteiger partial charge in [0.1, 0.15) is 5.76 Å². The van der Waals surface area contributed by atoms with Gasteiger partial charge in [0.15, 0.2) is 10.2 Å². The van der Waals surface area contributed by atoms with E-state index in [0.717, 1.165) is 23.9 Å². The lowest BCUT2D eigenvalue weighted by molar-refractivity contribution is 0.221. The molecule has 0 aliphatic rings. The Kier molecular flexibility index (Phi) is 6.11. The van der Waals surface area contributed by atoms with Crippen molar-refractivity contribution in [2.75, 3.05) is 0 Å². The SMILES string of the molecule is c1ccc(CN(Cc2ccncc2)Cc2ccc(Sc3ncccn3)o2)cc1. The van der Waals surface area contributed by atoms with Crippen molar-refractivity contribution < 1.29 is 4.42 Å². The summed E-state index contributed by atoms with van der Waals surface area (Å²) < 4.78 is 6.02. The predicted octanol–water partition coefficient (Wildman–Crippen LogP) is 4.82. The molecule has 1 aromatic carbocycles. The second kappa shape index (κ2) is 9.30. The first-order chi connectivity index (χ1) is 13.8. The molecule has 0 radical (unpaired) electrons. The monoisotopic (exact) mass is 388 g/mol. The van der Waals surface area contributed by atoms with Gasteiger partial charge in [-0.15, -0.1) is 0 Å². The minimum atomic E-state index is 0.682. The predicted molar refractivity (Wildman–Crippen MR) is 108 cm³/mol. The Balaban J connectivity index is 1.47. The molecule has 4 aromatic rings. The zero-order valence-electron chi connectivity index (χ0n) is 15.3. The molecule has 4 rings (SSSR count). The minimum Gasteiger partial charge on any atom is -0.453 e. The van der Waals surface area contributed by atoms with Crippen molar-refractivity contribution in [3.63, 3.8) is 0 Å². The van der Waals surface area contributed by atoms with Crippen LogP contribution in [-0.4, -0.2) is 19.9 Å². The van der Waals surface area contributed by atoms with Crippen molar-refractivity contribution in [3.8, 4) is 0 Å². The fourth-order valence-electron chi connectivity index (χ4n) is 2.90. The molecule has 0 saturated heterocycles. The molecule has 0 amide bonds. The molecule has 0 N–H and O–H groups in total. The van der Waals surface area contributed by atoms with Crippen LogP contribution in [0, 0.1) is 0 Å². The van der Waals surface area contributed by atoms with Gasteiger partial charge in [-0.1, -0.05) is 30.3 Å². The molecule has 0 bridgehead atoms. The summed E-state index contributed by atoms with van der Waals surface area (Å²) in [5, 5.41) is 1.48. The third-order valence-electron chi connectivity index (χ3n) is 4.15. The maximum Gasteiger partial charge on any atom is 0.195 e. The van der Waals surface area contributed by atoms with Crippen molar-refractivity contribution in [2.45, 2.75) is 29.9 Å². The molecule has 3 heterocycles. The zero-order chi connectivity index (χ0) is 19.0. The van der Waals surface area contributed by atoms with Crippen LogP contribution in [0.25, 0.3) is 0 Å². The maximum atomic E-state index is 6.02. The van der Waals surface area contributed by atoms with Crippen molar-refractivity contribution in [3.05, 3.63) is 102 Å². The van der Waals surface area contributed by atoms with Gasteiger partial charge in [0.2, 0.25) is 0 Å². The normalized spacial score (nSPS) is 11.0. The van der Waals surface area contributed by atoms with Crippen LogP contribution in [0.3, 0.4) is 0 Å². The Morgan fingerprint density at radius 3 is 2.18 bits per heavy atom. The summed E-state index contributed by atoms with van der Waals surface area (Å²) in [5.74, 6) is 0.920. The van der Waals surface area contributed by atoms with Crippen LogP contribution >= 0.6 is 11.8 Å². The van der Waals surface area contributed by atoms with Crippen molar-refractivity contribution in [2.24, 2.45) is 0 Å². The van der Waals surface area contributed by atoms with E-state index in [1.54, 1.807) is 18.5 Å². The van der Waals surface area contributed by atoms with E-state index in [9.17, 15) is 0 Å². The van der Waals surface area contributed by atoms with E-state index >= 15 is 0 Å². The second-order valence-electron chi connectivity index (χ2n) is 6.34. The maximum absolute atomic E-state index is 6.02. The van der Waals surface area contributed by atoms with Gasteiger partial charge in [-0.2, -0.15) is 0 Å². The summed E-state index contributed by atoms with van der Waals surface area (Å²) in [6.07, 6.45) is 7.13. The fourth-order valence-corrected chi connectivity index (χ4v) is 3.59. The van der Waals surface area contributed by atoms with Crippen LogP contribution in [0.1, 0.15) is 16.9 Å². The molecule has 6 heteroatoms. The second-order valence-corrected chi connectivity index (χ2v) is 7.31. The highest BCUT2D eigenvalue weighted by Gasteiger charge is 2.12. The first-order valence-corrected chi connectivity index (χ1v) is 9.85. The third kappa shape index (κ3) is 5.28. The summed E-state index contributed by atoms with van der Waals surface area (Å²) in [5.41, 5.74) is 2.50. The standard InChI is InChI=1S/C22H20N4OS/c1-2-5-18(6-3-1)15-26(16-19-9-13-23-14-10-19)17-20-7-8-21(27-20)28-22-24-11-4-12-25-22/h1-14H,15-17H2. The van der Waals surface area contributed by atoms with Gasteiger partial charge in [0.25, 0.3) is 0 Å². The Morgan fingerprint density at radius 2 is 1.43 bits per heavy atom. The van der Waals surface area contributed by atoms with Gasteiger partial charge >= 0.3 is 0 Å². The van der Waals surface area contributed by atoms with E-state index in [1.165, 1.54) is 22.9 Å². The molecule has 0 unspecified atom stereocenters. The largest absolute Gasteiger partial charge is 0.453 e. The number of furan rings is 1. The van der Waals surface area contributed by atoms with Gasteiger partial charge < -0.3 is 4.42 Å². The highest BCUT2D eigenvalue weighted by atomic mass is 32.2. The first-order valence-electron chi connectivity index (χ1n) is 9.04. The number of benzene rings is 1. The van der Waals surface area contributed by atoms with Gasteiger partial charge in [-0.25, -0.2) is 9.97 Å². The number of hydrogen-bond donors (Lipinski definition) is 0. The van der Waals surface area contributed by atoms with Crippen LogP contribution in [-0.2, 0) is 19.6 Å². The van der Waals surface area contributed by atoms with E-state index in [-0.39, 0.29) is 0 Å². The third-order valence-corrected chi connectivity index (χ3v) is 4.97. The average molecular weight is 388 g/mol. The van der Waals surface area contributed by atoms with Crippen LogP contribution in [0.15, 0.2) is 100 Å². The number of aromatic nitrogens is 3. The molecule has 0 aliphatic heterocycles. The summed E-state index contributed by atoms with van der Waals surface area (Å²) in [6, 6.07) is 20.4. The molecular formula is C22H20N4OS. The first kappa shape index (κ1) is 18.4. The highest BCUT2D eigenvalue weighted by Crippen LogP contribution is 2.27. The van der Waals surface area contributed by atoms with E-state index in [4.69, 9.17) is 4.42 Å². The molecule has 0 atom stereocenters. The highest BCUT2D eigenvalue weighted by molar-refractivity contribution is 7.99. The van der Waals surface area contributed by atoms with Crippen molar-refractivity contribution >= 4 is 11.8 Å². The lowest BCUT2D eigenvalue weighted by atomic mass is 10.2. The van der Waals surface area contributed by atoms with E-state index in [2.05, 4.69) is 44.1 Å². The van der Waals surface area contributed by atoms with Crippen molar-refractivity contribution in [1.29, 1.82) is 0 Å². The van der Waals surface area contributed by atoms with Gasteiger partial charge in [-0.05, 0) is 53.2 Å². The summed E-state index contributed by atoms with van der Waals surface area (Å²) in [6.45, 7) is 2.38. The average Bonchev–Trinajstić information content (AvgIpc) is 3.17. The zero-order valence-corrected chi connectivity index (χ0v) is 16.1. The number of rotatable bonds is 8. The molecule has 0 fully saturated rings. The van der Waals surface area contributed by atoms with Crippen LogP contribution in [0.4, 0.5) is 0 Å². The lowest BCUT2D eigenvalue weighted by Gasteiger charge is -2.21. The van der Waals surface area contributed by atoms with E-state index in [1.807, 2.05) is 42.7 Å². The van der Waals surface area contributed by atoms with Crippen molar-refractivity contribution in [1.82, 2.24) is 19.9 Å².